The van der Waals surface area contributed by atoms with Crippen LogP contribution in [0.15, 0.2) is 12.4 Å². The maximum Gasteiger partial charge on any atom is 0.315 e. The van der Waals surface area contributed by atoms with E-state index in [2.05, 4.69) is 9.97 Å². The van der Waals surface area contributed by atoms with Crippen molar-refractivity contribution < 1.29 is 13.6 Å². The van der Waals surface area contributed by atoms with Gasteiger partial charge in [0.15, 0.2) is 0 Å². The second-order valence-electron chi connectivity index (χ2n) is 2.67. The van der Waals surface area contributed by atoms with Crippen molar-refractivity contribution in [2.45, 2.75) is 19.9 Å². The fourth-order valence-corrected chi connectivity index (χ4v) is 0.855. The van der Waals surface area contributed by atoms with Gasteiger partial charge < -0.3 is 5.32 Å². The van der Waals surface area contributed by atoms with Crippen LogP contribution in [0.3, 0.4) is 0 Å². The van der Waals surface area contributed by atoms with Crippen molar-refractivity contribution in [2.75, 3.05) is 0 Å². The Hall–Kier alpha value is -1.59. The van der Waals surface area contributed by atoms with E-state index in [4.69, 9.17) is 0 Å². The SMILES string of the molecule is Cc1cncc(CNC(=O)C(F)F)n1. The highest BCUT2D eigenvalue weighted by Gasteiger charge is 2.14. The lowest BCUT2D eigenvalue weighted by Crippen LogP contribution is -2.29. The normalized spacial score (nSPS) is 10.3. The van der Waals surface area contributed by atoms with Crippen LogP contribution in [0.1, 0.15) is 11.4 Å². The molecule has 1 aromatic rings. The van der Waals surface area contributed by atoms with Crippen molar-refractivity contribution in [3.63, 3.8) is 0 Å². The number of aromatic nitrogens is 2. The topological polar surface area (TPSA) is 54.9 Å². The van der Waals surface area contributed by atoms with Crippen molar-refractivity contribution >= 4 is 5.91 Å². The Bertz CT molecular complexity index is 330. The first-order valence-corrected chi connectivity index (χ1v) is 3.93. The van der Waals surface area contributed by atoms with Crippen molar-refractivity contribution in [1.82, 2.24) is 15.3 Å². The molecule has 1 rings (SSSR count). The Morgan fingerprint density at radius 2 is 2.29 bits per heavy atom. The molecule has 0 atom stereocenters. The zero-order chi connectivity index (χ0) is 10.6. The highest BCUT2D eigenvalue weighted by molar-refractivity contribution is 5.78. The van der Waals surface area contributed by atoms with Gasteiger partial charge in [0.25, 0.3) is 5.91 Å². The molecule has 0 unspecified atom stereocenters. The fraction of sp³-hybridized carbons (Fsp3) is 0.375. The highest BCUT2D eigenvalue weighted by atomic mass is 19.3. The molecular weight excluding hydrogens is 192 g/mol. The van der Waals surface area contributed by atoms with Crippen LogP contribution in [0, 0.1) is 6.92 Å². The molecule has 1 amide bonds. The van der Waals surface area contributed by atoms with Crippen LogP contribution in [-0.2, 0) is 11.3 Å². The van der Waals surface area contributed by atoms with Crippen LogP contribution < -0.4 is 5.32 Å². The summed E-state index contributed by atoms with van der Waals surface area (Å²) < 4.78 is 23.5. The summed E-state index contributed by atoms with van der Waals surface area (Å²) in [6.45, 7) is 1.70. The molecule has 1 aromatic heterocycles. The third kappa shape index (κ3) is 3.04. The number of hydrogen-bond donors (Lipinski definition) is 1. The van der Waals surface area contributed by atoms with Gasteiger partial charge in [0.05, 0.1) is 24.1 Å². The second-order valence-corrected chi connectivity index (χ2v) is 2.67. The standard InChI is InChI=1S/C8H9F2N3O/c1-5-2-11-3-6(13-5)4-12-8(14)7(9)10/h2-3,7H,4H2,1H3,(H,12,14). The van der Waals surface area contributed by atoms with Crippen LogP contribution >= 0.6 is 0 Å². The van der Waals surface area contributed by atoms with E-state index in [0.717, 1.165) is 0 Å². The molecule has 1 heterocycles. The molecule has 6 heteroatoms. The van der Waals surface area contributed by atoms with Crippen molar-refractivity contribution in [2.24, 2.45) is 0 Å². The minimum Gasteiger partial charge on any atom is -0.345 e. The summed E-state index contributed by atoms with van der Waals surface area (Å²) in [6.07, 6.45) is -0.0373. The van der Waals surface area contributed by atoms with E-state index in [1.165, 1.54) is 6.20 Å². The van der Waals surface area contributed by atoms with E-state index >= 15 is 0 Å². The van der Waals surface area contributed by atoms with Crippen LogP contribution in [0.4, 0.5) is 8.78 Å². The summed E-state index contributed by atoms with van der Waals surface area (Å²) in [7, 11) is 0. The number of aryl methyl sites for hydroxylation is 1. The molecule has 0 spiro atoms. The molecule has 0 aliphatic heterocycles. The van der Waals surface area contributed by atoms with Gasteiger partial charge in [0.2, 0.25) is 0 Å². The van der Waals surface area contributed by atoms with Gasteiger partial charge in [-0.25, -0.2) is 0 Å². The molecule has 1 N–H and O–H groups in total. The van der Waals surface area contributed by atoms with Gasteiger partial charge in [-0.05, 0) is 6.92 Å². The zero-order valence-corrected chi connectivity index (χ0v) is 7.50. The zero-order valence-electron chi connectivity index (χ0n) is 7.50. The van der Waals surface area contributed by atoms with E-state index in [-0.39, 0.29) is 6.54 Å². The van der Waals surface area contributed by atoms with Crippen LogP contribution in [0.2, 0.25) is 0 Å². The molecule has 76 valence electrons. The molecule has 0 aliphatic carbocycles. The Kier molecular flexibility index (Phi) is 3.44. The van der Waals surface area contributed by atoms with Gasteiger partial charge in [-0.15, -0.1) is 0 Å². The quantitative estimate of drug-likeness (QED) is 0.781. The summed E-state index contributed by atoms with van der Waals surface area (Å²) in [5, 5.41) is 2.03. The lowest BCUT2D eigenvalue weighted by molar-refractivity contribution is -0.131. The molecular formula is C8H9F2N3O. The number of nitrogens with one attached hydrogen (secondary N) is 1. The molecule has 0 fully saturated rings. The number of nitrogens with zero attached hydrogens (tertiary/aromatic N) is 2. The second kappa shape index (κ2) is 4.59. The number of rotatable bonds is 3. The average molecular weight is 201 g/mol. The summed E-state index contributed by atoms with van der Waals surface area (Å²) in [4.78, 5) is 18.3. The minimum absolute atomic E-state index is 0.0299. The third-order valence-corrected chi connectivity index (χ3v) is 1.45. The van der Waals surface area contributed by atoms with Crippen molar-refractivity contribution in [3.05, 3.63) is 23.8 Å². The number of hydrogen-bond acceptors (Lipinski definition) is 3. The summed E-state index contributed by atoms with van der Waals surface area (Å²) in [5.74, 6) is -1.30. The van der Waals surface area contributed by atoms with Crippen LogP contribution in [0.5, 0.6) is 0 Å². The van der Waals surface area contributed by atoms with Gasteiger partial charge in [-0.2, -0.15) is 8.78 Å². The first kappa shape index (κ1) is 10.5. The molecule has 0 radical (unpaired) electrons. The minimum atomic E-state index is -2.99. The predicted octanol–water partition coefficient (Wildman–Crippen LogP) is 0.666. The first-order valence-electron chi connectivity index (χ1n) is 3.93. The number of carbonyl (C=O) groups excluding carboxylic acids is 1. The number of carbonyl (C=O) groups is 1. The molecule has 0 bridgehead atoms. The number of amides is 1. The molecule has 4 nitrogen and oxygen atoms in total. The fourth-order valence-electron chi connectivity index (χ4n) is 0.855. The molecule has 0 aliphatic rings. The van der Waals surface area contributed by atoms with E-state index in [9.17, 15) is 13.6 Å². The van der Waals surface area contributed by atoms with Crippen LogP contribution in [-0.4, -0.2) is 22.3 Å². The van der Waals surface area contributed by atoms with Crippen molar-refractivity contribution in [3.8, 4) is 0 Å². The molecule has 0 aromatic carbocycles. The Morgan fingerprint density at radius 1 is 1.57 bits per heavy atom. The predicted molar refractivity (Wildman–Crippen MR) is 44.6 cm³/mol. The summed E-state index contributed by atoms with van der Waals surface area (Å²) in [5.41, 5.74) is 1.13. The number of alkyl halides is 2. The number of halogens is 2. The van der Waals surface area contributed by atoms with E-state index < -0.39 is 12.3 Å². The van der Waals surface area contributed by atoms with E-state index in [0.29, 0.717) is 11.4 Å². The first-order chi connectivity index (χ1) is 6.59. The van der Waals surface area contributed by atoms with Gasteiger partial charge >= 0.3 is 6.43 Å². The largest absolute Gasteiger partial charge is 0.345 e. The maximum atomic E-state index is 11.8. The third-order valence-electron chi connectivity index (χ3n) is 1.45. The van der Waals surface area contributed by atoms with Crippen LogP contribution in [0.25, 0.3) is 0 Å². The lowest BCUT2D eigenvalue weighted by atomic mass is 10.4. The van der Waals surface area contributed by atoms with E-state index in [1.54, 1.807) is 13.1 Å². The Morgan fingerprint density at radius 3 is 2.86 bits per heavy atom. The molecule has 0 saturated heterocycles. The Labute approximate surface area is 79.4 Å². The monoisotopic (exact) mass is 201 g/mol. The smallest absolute Gasteiger partial charge is 0.315 e. The highest BCUT2D eigenvalue weighted by Crippen LogP contribution is 1.96. The summed E-state index contributed by atoms with van der Waals surface area (Å²) in [6, 6.07) is 0. The molecule has 14 heavy (non-hydrogen) atoms. The lowest BCUT2D eigenvalue weighted by Gasteiger charge is -2.03. The van der Waals surface area contributed by atoms with Crippen molar-refractivity contribution in [1.29, 1.82) is 0 Å². The van der Waals surface area contributed by atoms with Gasteiger partial charge in [0, 0.05) is 6.20 Å². The van der Waals surface area contributed by atoms with Gasteiger partial charge in [-0.1, -0.05) is 0 Å². The molecule has 0 saturated carbocycles. The Balaban J connectivity index is 2.50. The van der Waals surface area contributed by atoms with Gasteiger partial charge in [-0.3, -0.25) is 14.8 Å². The summed E-state index contributed by atoms with van der Waals surface area (Å²) >= 11 is 0. The average Bonchev–Trinajstić information content (AvgIpc) is 2.14. The maximum absolute atomic E-state index is 11.8. The van der Waals surface area contributed by atoms with E-state index in [1.807, 2.05) is 5.32 Å². The van der Waals surface area contributed by atoms with Gasteiger partial charge in [0.1, 0.15) is 0 Å².